The van der Waals surface area contributed by atoms with Gasteiger partial charge in [-0.25, -0.2) is 13.4 Å². The van der Waals surface area contributed by atoms with Gasteiger partial charge in [0.1, 0.15) is 11.5 Å². The summed E-state index contributed by atoms with van der Waals surface area (Å²) in [5.74, 6) is 0.537. The third-order valence-electron chi connectivity index (χ3n) is 6.29. The van der Waals surface area contributed by atoms with Gasteiger partial charge in [-0.1, -0.05) is 6.08 Å². The Morgan fingerprint density at radius 1 is 1.40 bits per heavy atom. The Morgan fingerprint density at radius 2 is 2.20 bits per heavy atom. The van der Waals surface area contributed by atoms with E-state index in [0.29, 0.717) is 38.2 Å². The SMILES string of the molecule is N#CC1(CS(=O)(=O)N2CC=C(c3cc(N(C=O)C4CC4)nc4[nH]ccc34)CC2)CC1. The lowest BCUT2D eigenvalue weighted by Crippen LogP contribution is -2.38. The van der Waals surface area contributed by atoms with E-state index in [1.165, 1.54) is 4.31 Å². The lowest BCUT2D eigenvalue weighted by atomic mass is 9.98. The van der Waals surface area contributed by atoms with Gasteiger partial charge >= 0.3 is 0 Å². The maximum Gasteiger partial charge on any atom is 0.215 e. The zero-order valence-corrected chi connectivity index (χ0v) is 17.4. The highest BCUT2D eigenvalue weighted by Gasteiger charge is 2.48. The molecule has 8 nitrogen and oxygen atoms in total. The van der Waals surface area contributed by atoms with Gasteiger partial charge < -0.3 is 4.98 Å². The molecule has 2 aromatic rings. The number of anilines is 1. The molecule has 0 bridgehead atoms. The topological polar surface area (TPSA) is 110 Å². The largest absolute Gasteiger partial charge is 0.346 e. The molecule has 2 aliphatic carbocycles. The number of fused-ring (bicyclic) bond motifs is 1. The molecule has 0 atom stereocenters. The molecule has 0 aromatic carbocycles. The first kappa shape index (κ1) is 19.3. The number of nitrogens with one attached hydrogen (secondary N) is 1. The summed E-state index contributed by atoms with van der Waals surface area (Å²) < 4.78 is 27.0. The van der Waals surface area contributed by atoms with E-state index in [-0.39, 0.29) is 11.8 Å². The maximum absolute atomic E-state index is 12.8. The van der Waals surface area contributed by atoms with Crippen LogP contribution in [0.4, 0.5) is 5.82 Å². The van der Waals surface area contributed by atoms with Crippen molar-refractivity contribution < 1.29 is 13.2 Å². The minimum Gasteiger partial charge on any atom is -0.346 e. The lowest BCUT2D eigenvalue weighted by molar-refractivity contribution is -0.107. The van der Waals surface area contributed by atoms with E-state index in [4.69, 9.17) is 0 Å². The van der Waals surface area contributed by atoms with Crippen molar-refractivity contribution in [3.8, 4) is 6.07 Å². The van der Waals surface area contributed by atoms with Crippen LogP contribution in [0.25, 0.3) is 16.6 Å². The highest BCUT2D eigenvalue weighted by Crippen LogP contribution is 2.46. The minimum absolute atomic E-state index is 0.0865. The van der Waals surface area contributed by atoms with Gasteiger partial charge in [0.2, 0.25) is 16.4 Å². The molecule has 1 aliphatic heterocycles. The summed E-state index contributed by atoms with van der Waals surface area (Å²) in [5.41, 5.74) is 2.08. The Hall–Kier alpha value is -2.70. The summed E-state index contributed by atoms with van der Waals surface area (Å²) in [7, 11) is -3.46. The van der Waals surface area contributed by atoms with Crippen molar-refractivity contribution in [1.29, 1.82) is 5.26 Å². The average molecular weight is 426 g/mol. The molecule has 9 heteroatoms. The number of hydrogen-bond acceptors (Lipinski definition) is 5. The molecular weight excluding hydrogens is 402 g/mol. The normalized spacial score (nSPS) is 21.1. The predicted molar refractivity (Wildman–Crippen MR) is 113 cm³/mol. The van der Waals surface area contributed by atoms with Gasteiger partial charge in [-0.3, -0.25) is 9.69 Å². The zero-order chi connectivity index (χ0) is 20.9. The third-order valence-corrected chi connectivity index (χ3v) is 8.33. The van der Waals surface area contributed by atoms with Crippen molar-refractivity contribution in [2.24, 2.45) is 5.41 Å². The van der Waals surface area contributed by atoms with Crippen LogP contribution in [0.1, 0.15) is 37.7 Å². The number of carbonyl (C=O) groups excluding carboxylic acids is 1. The Bertz CT molecular complexity index is 1180. The molecule has 0 unspecified atom stereocenters. The number of H-pyrrole nitrogens is 1. The second-order valence-electron chi connectivity index (χ2n) is 8.50. The summed E-state index contributed by atoms with van der Waals surface area (Å²) >= 11 is 0. The van der Waals surface area contributed by atoms with Gasteiger partial charge in [-0.15, -0.1) is 0 Å². The van der Waals surface area contributed by atoms with Crippen LogP contribution in [0, 0.1) is 16.7 Å². The van der Waals surface area contributed by atoms with E-state index in [0.717, 1.165) is 41.4 Å². The first-order chi connectivity index (χ1) is 14.4. The van der Waals surface area contributed by atoms with Crippen molar-refractivity contribution in [2.75, 3.05) is 23.7 Å². The van der Waals surface area contributed by atoms with Gasteiger partial charge in [0.15, 0.2) is 0 Å². The number of rotatable bonds is 7. The number of amides is 1. The van der Waals surface area contributed by atoms with Crippen molar-refractivity contribution >= 4 is 38.9 Å². The molecule has 3 heterocycles. The van der Waals surface area contributed by atoms with Gasteiger partial charge in [-0.2, -0.15) is 9.57 Å². The number of aromatic amines is 1. The molecule has 0 spiro atoms. The number of nitrogens with zero attached hydrogens (tertiary/aromatic N) is 4. The highest BCUT2D eigenvalue weighted by molar-refractivity contribution is 7.89. The maximum atomic E-state index is 12.8. The number of sulfonamides is 1. The summed E-state index contributed by atoms with van der Waals surface area (Å²) in [4.78, 5) is 21.0. The molecular formula is C21H23N5O3S. The van der Waals surface area contributed by atoms with Crippen LogP contribution < -0.4 is 4.90 Å². The van der Waals surface area contributed by atoms with E-state index in [2.05, 4.69) is 16.0 Å². The predicted octanol–water partition coefficient (Wildman–Crippen LogP) is 2.41. The van der Waals surface area contributed by atoms with Crippen LogP contribution in [-0.4, -0.2) is 54.0 Å². The van der Waals surface area contributed by atoms with E-state index in [9.17, 15) is 18.5 Å². The van der Waals surface area contributed by atoms with Gasteiger partial charge in [-0.05, 0) is 55.4 Å². The molecule has 3 aliphatic rings. The van der Waals surface area contributed by atoms with E-state index in [1.807, 2.05) is 24.4 Å². The summed E-state index contributed by atoms with van der Waals surface area (Å²) in [5, 5.41) is 10.2. The monoisotopic (exact) mass is 425 g/mol. The van der Waals surface area contributed by atoms with E-state index < -0.39 is 15.4 Å². The minimum atomic E-state index is -3.46. The van der Waals surface area contributed by atoms with Crippen LogP contribution >= 0.6 is 0 Å². The molecule has 0 radical (unpaired) electrons. The molecule has 2 aromatic heterocycles. The summed E-state index contributed by atoms with van der Waals surface area (Å²) in [6.45, 7) is 0.683. The van der Waals surface area contributed by atoms with E-state index >= 15 is 0 Å². The molecule has 1 amide bonds. The third kappa shape index (κ3) is 3.40. The second-order valence-corrected chi connectivity index (χ2v) is 10.5. The fourth-order valence-electron chi connectivity index (χ4n) is 4.13. The van der Waals surface area contributed by atoms with Crippen molar-refractivity contribution in [3.63, 3.8) is 0 Å². The first-order valence-corrected chi connectivity index (χ1v) is 11.9. The Kier molecular flexibility index (Phi) is 4.45. The molecule has 30 heavy (non-hydrogen) atoms. The zero-order valence-electron chi connectivity index (χ0n) is 16.5. The Morgan fingerprint density at radius 3 is 2.80 bits per heavy atom. The van der Waals surface area contributed by atoms with Crippen LogP contribution in [0.3, 0.4) is 0 Å². The average Bonchev–Trinajstić information content (AvgIpc) is 3.67. The van der Waals surface area contributed by atoms with Crippen LogP contribution in [0.2, 0.25) is 0 Å². The second kappa shape index (κ2) is 6.93. The smallest absolute Gasteiger partial charge is 0.215 e. The van der Waals surface area contributed by atoms with Crippen LogP contribution in [0.5, 0.6) is 0 Å². The molecule has 1 N–H and O–H groups in total. The van der Waals surface area contributed by atoms with Crippen molar-refractivity contribution in [2.45, 2.75) is 38.1 Å². The fraction of sp³-hybridized carbons (Fsp3) is 0.476. The van der Waals surface area contributed by atoms with Crippen LogP contribution in [-0.2, 0) is 14.8 Å². The number of hydrogen-bond donors (Lipinski definition) is 1. The lowest BCUT2D eigenvalue weighted by Gasteiger charge is -2.27. The Balaban J connectivity index is 1.43. The standard InChI is InChI=1S/C21H23N5O3S/c22-12-21(6-7-21)13-30(28,29)25-9-4-15(5-10-25)18-11-19(26(14-27)16-1-2-16)24-20-17(18)3-8-23-20/h3-4,8,11,14,16H,1-2,5-7,9-10,13H2,(H,23,24). The summed E-state index contributed by atoms with van der Waals surface area (Å²) in [6.07, 6.45) is 8.48. The van der Waals surface area contributed by atoms with Crippen molar-refractivity contribution in [3.05, 3.63) is 30.0 Å². The Labute approximate surface area is 175 Å². The molecule has 2 saturated carbocycles. The van der Waals surface area contributed by atoms with E-state index in [1.54, 1.807) is 4.90 Å². The highest BCUT2D eigenvalue weighted by atomic mass is 32.2. The quantitative estimate of drug-likeness (QED) is 0.685. The fourth-order valence-corrected chi connectivity index (χ4v) is 6.03. The van der Waals surface area contributed by atoms with Crippen molar-refractivity contribution in [1.82, 2.24) is 14.3 Å². The number of nitriles is 1. The molecule has 0 saturated heterocycles. The summed E-state index contributed by atoms with van der Waals surface area (Å²) in [6, 6.07) is 6.28. The van der Waals surface area contributed by atoms with Gasteiger partial charge in [0, 0.05) is 30.7 Å². The first-order valence-electron chi connectivity index (χ1n) is 10.2. The molecule has 156 valence electrons. The number of pyridine rings is 1. The van der Waals surface area contributed by atoms with Gasteiger partial charge in [0.05, 0.1) is 17.2 Å². The molecule has 5 rings (SSSR count). The van der Waals surface area contributed by atoms with Crippen LogP contribution in [0.15, 0.2) is 24.4 Å². The number of carbonyl (C=O) groups is 1. The number of aromatic nitrogens is 2. The van der Waals surface area contributed by atoms with Gasteiger partial charge in [0.25, 0.3) is 0 Å². The molecule has 2 fully saturated rings.